The Morgan fingerprint density at radius 2 is 2.33 bits per heavy atom. The molecule has 6 nitrogen and oxygen atoms in total. The summed E-state index contributed by atoms with van der Waals surface area (Å²) in [5, 5.41) is 17.4. The van der Waals surface area contributed by atoms with Gasteiger partial charge < -0.3 is 20.9 Å². The lowest BCUT2D eigenvalue weighted by Crippen LogP contribution is -2.16. The summed E-state index contributed by atoms with van der Waals surface area (Å²) in [6, 6.07) is 3.24. The van der Waals surface area contributed by atoms with Gasteiger partial charge in [0.05, 0.1) is 17.3 Å². The Kier molecular flexibility index (Phi) is 2.41. The van der Waals surface area contributed by atoms with Gasteiger partial charge in [0.1, 0.15) is 5.75 Å². The molecule has 1 aromatic rings. The molecule has 0 bridgehead atoms. The Morgan fingerprint density at radius 3 is 3.00 bits per heavy atom. The third-order valence-corrected chi connectivity index (χ3v) is 2.50. The maximum Gasteiger partial charge on any atom is 0.132 e. The number of ether oxygens (including phenoxy) is 1. The molecular weight excluding hydrogens is 264 g/mol. The van der Waals surface area contributed by atoms with Crippen molar-refractivity contribution in [3.05, 3.63) is 27.7 Å². The van der Waals surface area contributed by atoms with Gasteiger partial charge in [-0.15, -0.1) is 0 Å². The van der Waals surface area contributed by atoms with E-state index in [9.17, 15) is 5.21 Å². The van der Waals surface area contributed by atoms with Gasteiger partial charge in [0, 0.05) is 0 Å². The van der Waals surface area contributed by atoms with Crippen LogP contribution >= 0.6 is 15.9 Å². The van der Waals surface area contributed by atoms with Crippen molar-refractivity contribution in [2.24, 2.45) is 5.10 Å². The van der Waals surface area contributed by atoms with Crippen LogP contribution in [-0.4, -0.2) is 18.3 Å². The standard InChI is InChI=1S/C8H7BrN4O2/c1-15-7-3-5-6(2-4(7)9)13(14)12-8(10)11-5/h2-3,14H,1H3,(H-2,10,11,12)/q-2. The quantitative estimate of drug-likeness (QED) is 0.852. The van der Waals surface area contributed by atoms with E-state index in [1.54, 1.807) is 12.1 Å². The minimum Gasteiger partial charge on any atom is -0.566 e. The summed E-state index contributed by atoms with van der Waals surface area (Å²) in [6.07, 6.45) is 0. The highest BCUT2D eigenvalue weighted by atomic mass is 79.9. The molecule has 0 saturated heterocycles. The van der Waals surface area contributed by atoms with E-state index in [0.717, 1.165) is 0 Å². The van der Waals surface area contributed by atoms with Crippen molar-refractivity contribution in [1.82, 2.24) is 0 Å². The molecule has 0 aliphatic carbocycles. The smallest absolute Gasteiger partial charge is 0.132 e. The van der Waals surface area contributed by atoms with Gasteiger partial charge in [0.2, 0.25) is 0 Å². The first-order valence-electron chi connectivity index (χ1n) is 4.00. The summed E-state index contributed by atoms with van der Waals surface area (Å²) in [5.74, 6) is 0.329. The van der Waals surface area contributed by atoms with Crippen molar-refractivity contribution in [3.8, 4) is 5.75 Å². The Hall–Kier alpha value is -1.47. The fourth-order valence-corrected chi connectivity index (χ4v) is 1.71. The van der Waals surface area contributed by atoms with E-state index in [0.29, 0.717) is 26.8 Å². The van der Waals surface area contributed by atoms with Crippen LogP contribution in [0.25, 0.3) is 11.1 Å². The van der Waals surface area contributed by atoms with Gasteiger partial charge in [-0.25, -0.2) is 0 Å². The number of hydrogen-bond donors (Lipinski definition) is 1. The molecule has 0 unspecified atom stereocenters. The van der Waals surface area contributed by atoms with Crippen LogP contribution in [0, 0.1) is 0 Å². The normalized spacial score (nSPS) is 14.1. The maximum atomic E-state index is 9.42. The van der Waals surface area contributed by atoms with Crippen LogP contribution in [0.4, 0.5) is 11.4 Å². The summed E-state index contributed by atoms with van der Waals surface area (Å²) in [4.78, 5) is 0. The zero-order chi connectivity index (χ0) is 11.0. The first-order chi connectivity index (χ1) is 7.11. The van der Waals surface area contributed by atoms with Gasteiger partial charge in [-0.1, -0.05) is 0 Å². The number of methoxy groups -OCH3 is 1. The van der Waals surface area contributed by atoms with Crippen molar-refractivity contribution in [2.45, 2.75) is 0 Å². The zero-order valence-corrected chi connectivity index (χ0v) is 9.32. The topological polar surface area (TPSA) is 83.0 Å². The third-order valence-electron chi connectivity index (χ3n) is 1.88. The van der Waals surface area contributed by atoms with E-state index in [1.165, 1.54) is 7.11 Å². The number of nitrogens with one attached hydrogen (secondary N) is 1. The van der Waals surface area contributed by atoms with Crippen LogP contribution < -0.4 is 9.91 Å². The number of hydrogen-bond acceptors (Lipinski definition) is 4. The van der Waals surface area contributed by atoms with Crippen LogP contribution in [0.2, 0.25) is 0 Å². The van der Waals surface area contributed by atoms with Crippen molar-refractivity contribution < 1.29 is 9.94 Å². The van der Waals surface area contributed by atoms with Crippen LogP contribution in [0.15, 0.2) is 21.7 Å². The number of fused-ring (bicyclic) bond motifs is 1. The highest BCUT2D eigenvalue weighted by Gasteiger charge is 2.09. The van der Waals surface area contributed by atoms with Crippen LogP contribution in [0.5, 0.6) is 5.75 Å². The molecular formula is C8H7BrN4O2-2. The predicted octanol–water partition coefficient (Wildman–Crippen LogP) is 3.00. The molecule has 2 N–H and O–H groups in total. The van der Waals surface area contributed by atoms with Crippen molar-refractivity contribution >= 4 is 33.3 Å². The van der Waals surface area contributed by atoms with Gasteiger partial charge in [-0.3, -0.25) is 10.4 Å². The Bertz CT molecular complexity index is 435. The summed E-state index contributed by atoms with van der Waals surface area (Å²) >= 11 is 3.28. The number of guanidine groups is 1. The van der Waals surface area contributed by atoms with Crippen molar-refractivity contribution in [2.75, 3.05) is 12.3 Å². The lowest BCUT2D eigenvalue weighted by Gasteiger charge is -2.38. The first-order valence-corrected chi connectivity index (χ1v) is 4.79. The van der Waals surface area contributed by atoms with E-state index in [2.05, 4.69) is 26.3 Å². The second kappa shape index (κ2) is 3.59. The molecule has 2 rings (SSSR count). The van der Waals surface area contributed by atoms with Crippen LogP contribution in [0.1, 0.15) is 0 Å². The Balaban J connectivity index is 2.52. The molecule has 0 fully saturated rings. The first kappa shape index (κ1) is 10.1. The molecule has 0 radical (unpaired) electrons. The van der Waals surface area contributed by atoms with Crippen molar-refractivity contribution in [3.63, 3.8) is 0 Å². The Labute approximate surface area is 94.4 Å². The molecule has 1 heterocycles. The molecule has 0 aromatic heterocycles. The highest BCUT2D eigenvalue weighted by molar-refractivity contribution is 9.10. The zero-order valence-electron chi connectivity index (χ0n) is 7.73. The second-order valence-corrected chi connectivity index (χ2v) is 3.65. The average molecular weight is 271 g/mol. The summed E-state index contributed by atoms with van der Waals surface area (Å²) in [6.45, 7) is 0. The SMILES string of the molecule is COc1cc2c(cc1Br)N(O)N=C([NH-])[N-]2. The van der Waals surface area contributed by atoms with Gasteiger partial charge in [0.15, 0.2) is 0 Å². The summed E-state index contributed by atoms with van der Waals surface area (Å²) in [7, 11) is 1.53. The predicted molar refractivity (Wildman–Crippen MR) is 59.7 cm³/mol. The minimum absolute atomic E-state index is 0.255. The van der Waals surface area contributed by atoms with Gasteiger partial charge in [-0.2, -0.15) is 5.96 Å². The number of hydrazone groups is 1. The largest absolute Gasteiger partial charge is 0.566 e. The van der Waals surface area contributed by atoms with Crippen molar-refractivity contribution in [1.29, 1.82) is 0 Å². The van der Waals surface area contributed by atoms with E-state index in [-0.39, 0.29) is 5.96 Å². The van der Waals surface area contributed by atoms with Crippen LogP contribution in [0.3, 0.4) is 0 Å². The van der Waals surface area contributed by atoms with Gasteiger partial charge in [0.25, 0.3) is 0 Å². The lowest BCUT2D eigenvalue weighted by molar-refractivity contribution is 0.259. The van der Waals surface area contributed by atoms with Gasteiger partial charge in [-0.05, 0) is 33.8 Å². The number of halogens is 1. The fraction of sp³-hybridized carbons (Fsp3) is 0.125. The average Bonchev–Trinajstić information content (AvgIpc) is 2.18. The molecule has 1 aliphatic rings. The van der Waals surface area contributed by atoms with Crippen LogP contribution in [-0.2, 0) is 0 Å². The molecule has 80 valence electrons. The monoisotopic (exact) mass is 270 g/mol. The maximum absolute atomic E-state index is 9.42. The number of rotatable bonds is 1. The third kappa shape index (κ3) is 1.71. The van der Waals surface area contributed by atoms with E-state index < -0.39 is 0 Å². The molecule has 7 heteroatoms. The van der Waals surface area contributed by atoms with E-state index in [1.807, 2.05) is 0 Å². The molecule has 0 spiro atoms. The number of nitrogens with zero attached hydrogens (tertiary/aromatic N) is 3. The van der Waals surface area contributed by atoms with Gasteiger partial charge >= 0.3 is 0 Å². The molecule has 1 aliphatic heterocycles. The molecule has 0 saturated carbocycles. The molecule has 1 aromatic carbocycles. The van der Waals surface area contributed by atoms with E-state index >= 15 is 0 Å². The highest BCUT2D eigenvalue weighted by Crippen LogP contribution is 2.42. The number of benzene rings is 1. The van der Waals surface area contributed by atoms with E-state index in [4.69, 9.17) is 10.5 Å². The molecule has 15 heavy (non-hydrogen) atoms. The second-order valence-electron chi connectivity index (χ2n) is 2.80. The molecule has 0 atom stereocenters. The summed E-state index contributed by atoms with van der Waals surface area (Å²) < 4.78 is 5.76. The minimum atomic E-state index is -0.255. The number of anilines is 1. The fourth-order valence-electron chi connectivity index (χ4n) is 1.22. The molecule has 0 amide bonds. The Morgan fingerprint density at radius 1 is 1.60 bits per heavy atom. The lowest BCUT2D eigenvalue weighted by atomic mass is 10.2. The summed E-state index contributed by atoms with van der Waals surface area (Å²) in [5.41, 5.74) is 8.09.